The summed E-state index contributed by atoms with van der Waals surface area (Å²) in [7, 11) is 0. The number of hydrogen-bond acceptors (Lipinski definition) is 3. The minimum atomic E-state index is 0.364. The molecule has 14 heavy (non-hydrogen) atoms. The maximum absolute atomic E-state index is 5.71. The highest BCUT2D eigenvalue weighted by atomic mass is 79.9. The number of anilines is 1. The third kappa shape index (κ3) is 2.07. The summed E-state index contributed by atoms with van der Waals surface area (Å²) in [6.07, 6.45) is 6.08. The Labute approximate surface area is 92.2 Å². The Hall–Kier alpha value is -0.610. The third-order valence-corrected chi connectivity index (χ3v) is 3.45. The fourth-order valence-electron chi connectivity index (χ4n) is 1.43. The van der Waals surface area contributed by atoms with Crippen LogP contribution in [-0.4, -0.2) is 18.1 Å². The molecule has 1 aliphatic rings. The molecule has 1 heterocycles. The van der Waals surface area contributed by atoms with Crippen molar-refractivity contribution >= 4 is 21.6 Å². The molecule has 1 aliphatic carbocycles. The van der Waals surface area contributed by atoms with Crippen LogP contribution in [0.4, 0.5) is 5.69 Å². The summed E-state index contributed by atoms with van der Waals surface area (Å²) in [5, 5.41) is 3.40. The highest BCUT2D eigenvalue weighted by molar-refractivity contribution is 9.10. The van der Waals surface area contributed by atoms with Crippen LogP contribution in [0.1, 0.15) is 12.8 Å². The van der Waals surface area contributed by atoms with E-state index in [-0.39, 0.29) is 0 Å². The van der Waals surface area contributed by atoms with Gasteiger partial charge in [0.25, 0.3) is 0 Å². The molecule has 3 nitrogen and oxygen atoms in total. The summed E-state index contributed by atoms with van der Waals surface area (Å²) in [6.45, 7) is 1.74. The Morgan fingerprint density at radius 1 is 1.57 bits per heavy atom. The summed E-state index contributed by atoms with van der Waals surface area (Å²) in [5.41, 5.74) is 7.17. The van der Waals surface area contributed by atoms with Crippen LogP contribution in [-0.2, 0) is 0 Å². The fourth-order valence-corrected chi connectivity index (χ4v) is 1.82. The molecule has 0 atom stereocenters. The second-order valence-corrected chi connectivity index (χ2v) is 4.77. The zero-order valence-corrected chi connectivity index (χ0v) is 9.55. The van der Waals surface area contributed by atoms with Gasteiger partial charge in [-0.05, 0) is 46.8 Å². The largest absolute Gasteiger partial charge is 0.383 e. The molecular weight excluding hydrogens is 242 g/mol. The predicted molar refractivity (Wildman–Crippen MR) is 61.1 cm³/mol. The van der Waals surface area contributed by atoms with Crippen molar-refractivity contribution in [3.63, 3.8) is 0 Å². The van der Waals surface area contributed by atoms with Crippen LogP contribution < -0.4 is 11.1 Å². The predicted octanol–water partition coefficient (Wildman–Crippen LogP) is 1.99. The summed E-state index contributed by atoms with van der Waals surface area (Å²) in [6, 6.07) is 1.97. The zero-order valence-electron chi connectivity index (χ0n) is 7.96. The normalized spacial score (nSPS) is 17.9. The van der Waals surface area contributed by atoms with Crippen molar-refractivity contribution in [1.29, 1.82) is 0 Å². The molecular formula is C10H14BrN3. The van der Waals surface area contributed by atoms with Crippen molar-refractivity contribution < 1.29 is 0 Å². The van der Waals surface area contributed by atoms with E-state index < -0.39 is 0 Å². The maximum atomic E-state index is 5.71. The molecule has 0 radical (unpaired) electrons. The van der Waals surface area contributed by atoms with Crippen molar-refractivity contribution in [3.8, 4) is 0 Å². The number of nitrogens with one attached hydrogen (secondary N) is 1. The van der Waals surface area contributed by atoms with Gasteiger partial charge in [0.15, 0.2) is 0 Å². The quantitative estimate of drug-likeness (QED) is 0.866. The van der Waals surface area contributed by atoms with Gasteiger partial charge in [0, 0.05) is 18.9 Å². The molecule has 0 spiro atoms. The number of nitrogens with zero attached hydrogens (tertiary/aromatic N) is 1. The van der Waals surface area contributed by atoms with Crippen LogP contribution in [0.15, 0.2) is 22.9 Å². The maximum Gasteiger partial charge on any atom is 0.0590 e. The summed E-state index contributed by atoms with van der Waals surface area (Å²) >= 11 is 3.45. The Morgan fingerprint density at radius 3 is 2.93 bits per heavy atom. The van der Waals surface area contributed by atoms with E-state index in [4.69, 9.17) is 5.73 Å². The molecule has 0 saturated heterocycles. The van der Waals surface area contributed by atoms with E-state index in [0.717, 1.165) is 23.2 Å². The van der Waals surface area contributed by atoms with Gasteiger partial charge in [-0.25, -0.2) is 0 Å². The van der Waals surface area contributed by atoms with Gasteiger partial charge in [-0.1, -0.05) is 0 Å². The van der Waals surface area contributed by atoms with E-state index in [1.54, 1.807) is 12.4 Å². The van der Waals surface area contributed by atoms with Crippen LogP contribution >= 0.6 is 15.9 Å². The molecule has 4 heteroatoms. The van der Waals surface area contributed by atoms with Crippen molar-refractivity contribution in [2.75, 3.05) is 18.4 Å². The van der Waals surface area contributed by atoms with Gasteiger partial charge in [-0.3, -0.25) is 4.98 Å². The molecule has 1 fully saturated rings. The van der Waals surface area contributed by atoms with Crippen LogP contribution in [0.2, 0.25) is 0 Å². The number of rotatable bonds is 4. The number of aromatic nitrogens is 1. The van der Waals surface area contributed by atoms with Crippen molar-refractivity contribution in [2.45, 2.75) is 12.8 Å². The highest BCUT2D eigenvalue weighted by Crippen LogP contribution is 2.44. The lowest BCUT2D eigenvalue weighted by molar-refractivity contribution is 0.556. The third-order valence-electron chi connectivity index (χ3n) is 2.82. The van der Waals surface area contributed by atoms with Gasteiger partial charge in [-0.2, -0.15) is 0 Å². The first kappa shape index (κ1) is 9.93. The zero-order chi connectivity index (χ0) is 10.0. The molecule has 1 saturated carbocycles. The topological polar surface area (TPSA) is 50.9 Å². The SMILES string of the molecule is NCC1(CNc2ccncc2Br)CC1. The molecule has 3 N–H and O–H groups in total. The average molecular weight is 256 g/mol. The van der Waals surface area contributed by atoms with E-state index in [0.29, 0.717) is 5.41 Å². The first-order valence-electron chi connectivity index (χ1n) is 4.79. The second kappa shape index (κ2) is 3.87. The summed E-state index contributed by atoms with van der Waals surface area (Å²) < 4.78 is 1.01. The molecule has 76 valence electrons. The van der Waals surface area contributed by atoms with E-state index in [9.17, 15) is 0 Å². The minimum absolute atomic E-state index is 0.364. The molecule has 2 rings (SSSR count). The molecule has 0 amide bonds. The number of nitrogens with two attached hydrogens (primary N) is 1. The molecule has 0 aromatic carbocycles. The molecule has 0 bridgehead atoms. The van der Waals surface area contributed by atoms with Gasteiger partial charge < -0.3 is 11.1 Å². The smallest absolute Gasteiger partial charge is 0.0590 e. The van der Waals surface area contributed by atoms with Crippen molar-refractivity contribution in [3.05, 3.63) is 22.9 Å². The monoisotopic (exact) mass is 255 g/mol. The van der Waals surface area contributed by atoms with E-state index in [2.05, 4.69) is 26.2 Å². The number of halogens is 1. The van der Waals surface area contributed by atoms with E-state index >= 15 is 0 Å². The fraction of sp³-hybridized carbons (Fsp3) is 0.500. The summed E-state index contributed by atoms with van der Waals surface area (Å²) in [4.78, 5) is 4.01. The van der Waals surface area contributed by atoms with Crippen LogP contribution in [0.3, 0.4) is 0 Å². The van der Waals surface area contributed by atoms with E-state index in [1.165, 1.54) is 12.8 Å². The second-order valence-electron chi connectivity index (χ2n) is 3.91. The Morgan fingerprint density at radius 2 is 2.36 bits per heavy atom. The summed E-state index contributed by atoms with van der Waals surface area (Å²) in [5.74, 6) is 0. The average Bonchev–Trinajstić information content (AvgIpc) is 2.98. The Kier molecular flexibility index (Phi) is 2.74. The molecule has 0 aliphatic heterocycles. The van der Waals surface area contributed by atoms with Crippen molar-refractivity contribution in [2.24, 2.45) is 11.1 Å². The molecule has 0 unspecified atom stereocenters. The van der Waals surface area contributed by atoms with Gasteiger partial charge in [0.2, 0.25) is 0 Å². The standard InChI is InChI=1S/C10H14BrN3/c11-8-5-13-4-1-9(8)14-7-10(6-12)2-3-10/h1,4-5H,2-3,6-7,12H2,(H,13,14). The van der Waals surface area contributed by atoms with Gasteiger partial charge in [-0.15, -0.1) is 0 Å². The molecule has 1 aromatic heterocycles. The van der Waals surface area contributed by atoms with Crippen LogP contribution in [0.25, 0.3) is 0 Å². The van der Waals surface area contributed by atoms with Gasteiger partial charge >= 0.3 is 0 Å². The Balaban J connectivity index is 1.95. The first-order valence-corrected chi connectivity index (χ1v) is 5.59. The number of hydrogen-bond donors (Lipinski definition) is 2. The lowest BCUT2D eigenvalue weighted by atomic mass is 10.1. The number of pyridine rings is 1. The molecule has 1 aromatic rings. The Bertz CT molecular complexity index is 323. The van der Waals surface area contributed by atoms with Crippen LogP contribution in [0.5, 0.6) is 0 Å². The minimum Gasteiger partial charge on any atom is -0.383 e. The van der Waals surface area contributed by atoms with Crippen molar-refractivity contribution in [1.82, 2.24) is 4.98 Å². The highest BCUT2D eigenvalue weighted by Gasteiger charge is 2.40. The lowest BCUT2D eigenvalue weighted by Gasteiger charge is -2.14. The van der Waals surface area contributed by atoms with Gasteiger partial charge in [0.1, 0.15) is 0 Å². The first-order chi connectivity index (χ1) is 6.76. The van der Waals surface area contributed by atoms with Gasteiger partial charge in [0.05, 0.1) is 10.2 Å². The van der Waals surface area contributed by atoms with E-state index in [1.807, 2.05) is 6.07 Å². The van der Waals surface area contributed by atoms with Crippen LogP contribution in [0, 0.1) is 5.41 Å². The lowest BCUT2D eigenvalue weighted by Crippen LogP contribution is -2.24.